The second-order valence-electron chi connectivity index (χ2n) is 4.04. The highest BCUT2D eigenvalue weighted by Gasteiger charge is 2.15. The monoisotopic (exact) mass is 227 g/mol. The molecule has 0 aromatic carbocycles. The van der Waals surface area contributed by atoms with Crippen molar-refractivity contribution in [2.75, 3.05) is 0 Å². The fraction of sp³-hybridized carbons (Fsp3) is 0.750. The molecule has 1 aromatic heterocycles. The van der Waals surface area contributed by atoms with Crippen LogP contribution in [0.1, 0.15) is 57.1 Å². The van der Waals surface area contributed by atoms with Crippen LogP contribution in [-0.2, 0) is 0 Å². The van der Waals surface area contributed by atoms with Crippen LogP contribution in [0.25, 0.3) is 0 Å². The van der Waals surface area contributed by atoms with Gasteiger partial charge >= 0.3 is 0 Å². The Morgan fingerprint density at radius 2 is 2.27 bits per heavy atom. The molecule has 0 saturated carbocycles. The smallest absolute Gasteiger partial charge is 0.121 e. The number of aliphatic hydroxyl groups is 1. The first-order chi connectivity index (χ1) is 7.27. The second kappa shape index (κ2) is 6.96. The number of nitrogens with zero attached hydrogens (tertiary/aromatic N) is 1. The average molecular weight is 227 g/mol. The van der Waals surface area contributed by atoms with Crippen molar-refractivity contribution >= 4 is 11.3 Å². The van der Waals surface area contributed by atoms with Crippen LogP contribution in [0.15, 0.2) is 11.6 Å². The van der Waals surface area contributed by atoms with E-state index >= 15 is 0 Å². The molecule has 2 atom stereocenters. The number of unbranched alkanes of at least 4 members (excludes halogenated alkanes) is 1. The van der Waals surface area contributed by atoms with Gasteiger partial charge in [0.05, 0.1) is 0 Å². The molecule has 1 rings (SSSR count). The average Bonchev–Trinajstić information content (AvgIpc) is 2.77. The van der Waals surface area contributed by atoms with E-state index in [1.54, 1.807) is 17.5 Å². The SMILES string of the molecule is CCCCC(CC)CC(O)c1nccs1. The summed E-state index contributed by atoms with van der Waals surface area (Å²) in [6, 6.07) is 0. The van der Waals surface area contributed by atoms with Crippen LogP contribution in [0.4, 0.5) is 0 Å². The predicted octanol–water partition coefficient (Wildman–Crippen LogP) is 3.78. The summed E-state index contributed by atoms with van der Waals surface area (Å²) in [5.74, 6) is 0.642. The van der Waals surface area contributed by atoms with Gasteiger partial charge in [-0.1, -0.05) is 39.5 Å². The Kier molecular flexibility index (Phi) is 5.88. The molecule has 0 aliphatic rings. The van der Waals surface area contributed by atoms with Crippen molar-refractivity contribution < 1.29 is 5.11 Å². The van der Waals surface area contributed by atoms with Gasteiger partial charge in [-0.05, 0) is 12.3 Å². The summed E-state index contributed by atoms with van der Waals surface area (Å²) >= 11 is 1.55. The van der Waals surface area contributed by atoms with Gasteiger partial charge in [-0.25, -0.2) is 4.98 Å². The zero-order chi connectivity index (χ0) is 11.1. The van der Waals surface area contributed by atoms with Crippen molar-refractivity contribution in [3.8, 4) is 0 Å². The second-order valence-corrected chi connectivity index (χ2v) is 4.96. The maximum atomic E-state index is 9.96. The van der Waals surface area contributed by atoms with E-state index in [9.17, 15) is 5.11 Å². The molecule has 1 aromatic rings. The fourth-order valence-corrected chi connectivity index (χ4v) is 2.43. The Morgan fingerprint density at radius 1 is 1.47 bits per heavy atom. The Hall–Kier alpha value is -0.410. The highest BCUT2D eigenvalue weighted by molar-refractivity contribution is 7.09. The summed E-state index contributed by atoms with van der Waals surface area (Å²) < 4.78 is 0. The van der Waals surface area contributed by atoms with Crippen LogP contribution < -0.4 is 0 Å². The third kappa shape index (κ3) is 4.31. The number of thiazole rings is 1. The number of rotatable bonds is 7. The summed E-state index contributed by atoms with van der Waals surface area (Å²) in [4.78, 5) is 4.15. The van der Waals surface area contributed by atoms with Crippen LogP contribution in [0.2, 0.25) is 0 Å². The van der Waals surface area contributed by atoms with E-state index in [-0.39, 0.29) is 6.10 Å². The summed E-state index contributed by atoms with van der Waals surface area (Å²) in [6.07, 6.45) is 7.16. The summed E-state index contributed by atoms with van der Waals surface area (Å²) in [7, 11) is 0. The summed E-state index contributed by atoms with van der Waals surface area (Å²) in [5.41, 5.74) is 0. The van der Waals surface area contributed by atoms with Crippen molar-refractivity contribution in [1.29, 1.82) is 0 Å². The van der Waals surface area contributed by atoms with Crippen LogP contribution >= 0.6 is 11.3 Å². The Balaban J connectivity index is 2.37. The highest BCUT2D eigenvalue weighted by Crippen LogP contribution is 2.27. The maximum Gasteiger partial charge on any atom is 0.121 e. The van der Waals surface area contributed by atoms with Crippen molar-refractivity contribution in [1.82, 2.24) is 4.98 Å². The van der Waals surface area contributed by atoms with E-state index in [4.69, 9.17) is 0 Å². The van der Waals surface area contributed by atoms with E-state index in [1.165, 1.54) is 19.3 Å². The summed E-state index contributed by atoms with van der Waals surface area (Å²) in [5, 5.41) is 12.7. The predicted molar refractivity (Wildman–Crippen MR) is 65.0 cm³/mol. The lowest BCUT2D eigenvalue weighted by atomic mass is 9.93. The van der Waals surface area contributed by atoms with Gasteiger partial charge in [-0.2, -0.15) is 0 Å². The van der Waals surface area contributed by atoms with Gasteiger partial charge in [0.2, 0.25) is 0 Å². The molecular weight excluding hydrogens is 206 g/mol. The minimum atomic E-state index is -0.355. The fourth-order valence-electron chi connectivity index (χ4n) is 1.80. The summed E-state index contributed by atoms with van der Waals surface area (Å²) in [6.45, 7) is 4.42. The van der Waals surface area contributed by atoms with Crippen molar-refractivity contribution in [2.45, 2.75) is 52.1 Å². The van der Waals surface area contributed by atoms with Crippen LogP contribution in [0.5, 0.6) is 0 Å². The molecule has 0 amide bonds. The molecule has 86 valence electrons. The van der Waals surface area contributed by atoms with Gasteiger partial charge in [-0.3, -0.25) is 0 Å². The molecule has 0 radical (unpaired) electrons. The molecule has 0 aliphatic heterocycles. The minimum absolute atomic E-state index is 0.355. The third-order valence-corrected chi connectivity index (χ3v) is 3.71. The first-order valence-electron chi connectivity index (χ1n) is 5.85. The van der Waals surface area contributed by atoms with Crippen molar-refractivity contribution in [3.63, 3.8) is 0 Å². The first kappa shape index (κ1) is 12.7. The Morgan fingerprint density at radius 3 is 2.80 bits per heavy atom. The lowest BCUT2D eigenvalue weighted by Crippen LogP contribution is -2.06. The molecule has 0 spiro atoms. The van der Waals surface area contributed by atoms with E-state index in [0.717, 1.165) is 17.8 Å². The zero-order valence-corrected chi connectivity index (χ0v) is 10.5. The number of hydrogen-bond acceptors (Lipinski definition) is 3. The standard InChI is InChI=1S/C12H21NOS/c1-3-5-6-10(4-2)9-11(14)12-13-7-8-15-12/h7-8,10-11,14H,3-6,9H2,1-2H3. The van der Waals surface area contributed by atoms with E-state index in [1.807, 2.05) is 5.38 Å². The zero-order valence-electron chi connectivity index (χ0n) is 9.65. The van der Waals surface area contributed by atoms with Crippen molar-refractivity contribution in [2.24, 2.45) is 5.92 Å². The van der Waals surface area contributed by atoms with E-state index < -0.39 is 0 Å². The maximum absolute atomic E-state index is 9.96. The molecule has 2 unspecified atom stereocenters. The number of aromatic nitrogens is 1. The molecule has 0 bridgehead atoms. The minimum Gasteiger partial charge on any atom is -0.386 e. The molecule has 0 fully saturated rings. The molecule has 2 nitrogen and oxygen atoms in total. The topological polar surface area (TPSA) is 33.1 Å². The van der Waals surface area contributed by atoms with E-state index in [0.29, 0.717) is 5.92 Å². The third-order valence-electron chi connectivity index (χ3n) is 2.84. The lowest BCUT2D eigenvalue weighted by molar-refractivity contribution is 0.138. The van der Waals surface area contributed by atoms with Gasteiger partial charge in [0.1, 0.15) is 11.1 Å². The number of hydrogen-bond donors (Lipinski definition) is 1. The van der Waals surface area contributed by atoms with Gasteiger partial charge in [0, 0.05) is 11.6 Å². The van der Waals surface area contributed by atoms with Gasteiger partial charge in [-0.15, -0.1) is 11.3 Å². The number of aliphatic hydroxyl groups excluding tert-OH is 1. The van der Waals surface area contributed by atoms with Crippen LogP contribution in [-0.4, -0.2) is 10.1 Å². The molecule has 0 aliphatic carbocycles. The molecule has 15 heavy (non-hydrogen) atoms. The molecule has 0 saturated heterocycles. The lowest BCUT2D eigenvalue weighted by Gasteiger charge is -2.17. The first-order valence-corrected chi connectivity index (χ1v) is 6.73. The molecule has 3 heteroatoms. The Bertz CT molecular complexity index is 248. The largest absolute Gasteiger partial charge is 0.386 e. The molecule has 1 N–H and O–H groups in total. The quantitative estimate of drug-likeness (QED) is 0.769. The van der Waals surface area contributed by atoms with Crippen molar-refractivity contribution in [3.05, 3.63) is 16.6 Å². The Labute approximate surface area is 96.4 Å². The van der Waals surface area contributed by atoms with Gasteiger partial charge < -0.3 is 5.11 Å². The van der Waals surface area contributed by atoms with Crippen LogP contribution in [0, 0.1) is 5.92 Å². The van der Waals surface area contributed by atoms with Gasteiger partial charge in [0.25, 0.3) is 0 Å². The highest BCUT2D eigenvalue weighted by atomic mass is 32.1. The van der Waals surface area contributed by atoms with Crippen LogP contribution in [0.3, 0.4) is 0 Å². The normalized spacial score (nSPS) is 15.1. The van der Waals surface area contributed by atoms with E-state index in [2.05, 4.69) is 18.8 Å². The van der Waals surface area contributed by atoms with Gasteiger partial charge in [0.15, 0.2) is 0 Å². The molecular formula is C12H21NOS. The molecule has 1 heterocycles.